The van der Waals surface area contributed by atoms with Crippen molar-refractivity contribution >= 4 is 12.0 Å². The Morgan fingerprint density at radius 1 is 1.32 bits per heavy atom. The summed E-state index contributed by atoms with van der Waals surface area (Å²) < 4.78 is 0. The van der Waals surface area contributed by atoms with Gasteiger partial charge in [-0.05, 0) is 18.8 Å². The van der Waals surface area contributed by atoms with E-state index >= 15 is 0 Å². The molecule has 0 saturated carbocycles. The number of hydrogen-bond acceptors (Lipinski definition) is 3. The number of urea groups is 1. The van der Waals surface area contributed by atoms with Gasteiger partial charge in [0.25, 0.3) is 0 Å². The third kappa shape index (κ3) is 8.42. The molecular formula is C13H26N2O4. The normalized spacial score (nSPS) is 12.9. The van der Waals surface area contributed by atoms with Gasteiger partial charge in [0.15, 0.2) is 0 Å². The summed E-state index contributed by atoms with van der Waals surface area (Å²) >= 11 is 0. The first kappa shape index (κ1) is 17.7. The number of carboxylic acids is 1. The summed E-state index contributed by atoms with van der Waals surface area (Å²) in [6.07, 6.45) is 0.488. The number of carbonyl (C=O) groups excluding carboxylic acids is 1. The average Bonchev–Trinajstić information content (AvgIpc) is 2.21. The lowest BCUT2D eigenvalue weighted by molar-refractivity contribution is -0.137. The Hall–Kier alpha value is -1.30. The Bertz CT molecular complexity index is 300. The predicted molar refractivity (Wildman–Crippen MR) is 73.0 cm³/mol. The van der Waals surface area contributed by atoms with Crippen molar-refractivity contribution in [3.05, 3.63) is 0 Å². The molecule has 1 unspecified atom stereocenters. The monoisotopic (exact) mass is 274 g/mol. The fraction of sp³-hybridized carbons (Fsp3) is 0.846. The van der Waals surface area contributed by atoms with Crippen molar-refractivity contribution < 1.29 is 19.8 Å². The van der Waals surface area contributed by atoms with Crippen molar-refractivity contribution in [3.63, 3.8) is 0 Å². The number of nitrogens with zero attached hydrogens (tertiary/aromatic N) is 1. The Balaban J connectivity index is 4.61. The molecular weight excluding hydrogens is 248 g/mol. The van der Waals surface area contributed by atoms with Crippen LogP contribution in [0, 0.1) is 5.41 Å². The first-order valence-corrected chi connectivity index (χ1v) is 6.57. The number of nitrogens with one attached hydrogen (secondary N) is 1. The zero-order valence-electron chi connectivity index (χ0n) is 12.3. The third-order valence-corrected chi connectivity index (χ3v) is 2.65. The number of aliphatic hydroxyl groups is 1. The second-order valence-electron chi connectivity index (χ2n) is 5.81. The number of carboxylic acid groups (broad SMARTS) is 1. The Kier molecular flexibility index (Phi) is 7.44. The van der Waals surface area contributed by atoms with Gasteiger partial charge in [-0.25, -0.2) is 4.79 Å². The van der Waals surface area contributed by atoms with Gasteiger partial charge in [0.2, 0.25) is 0 Å². The summed E-state index contributed by atoms with van der Waals surface area (Å²) in [5.74, 6) is -0.931. The van der Waals surface area contributed by atoms with Crippen molar-refractivity contribution in [2.45, 2.75) is 46.6 Å². The van der Waals surface area contributed by atoms with Gasteiger partial charge in [0.1, 0.15) is 0 Å². The number of hydrogen-bond donors (Lipinski definition) is 3. The highest BCUT2D eigenvalue weighted by Gasteiger charge is 2.24. The van der Waals surface area contributed by atoms with E-state index < -0.39 is 12.0 Å². The highest BCUT2D eigenvalue weighted by Crippen LogP contribution is 2.22. The lowest BCUT2D eigenvalue weighted by Gasteiger charge is -2.28. The van der Waals surface area contributed by atoms with Crippen LogP contribution in [0.1, 0.15) is 40.5 Å². The Morgan fingerprint density at radius 2 is 1.89 bits per heavy atom. The third-order valence-electron chi connectivity index (χ3n) is 2.65. The molecule has 0 aromatic heterocycles. The zero-order chi connectivity index (χ0) is 15.1. The van der Waals surface area contributed by atoms with Crippen LogP contribution in [0.25, 0.3) is 0 Å². The van der Waals surface area contributed by atoms with Gasteiger partial charge in [-0.1, -0.05) is 20.8 Å². The van der Waals surface area contributed by atoms with Gasteiger partial charge in [-0.3, -0.25) is 4.79 Å². The van der Waals surface area contributed by atoms with E-state index in [1.807, 2.05) is 27.7 Å². The molecule has 0 aliphatic heterocycles. The second-order valence-corrected chi connectivity index (χ2v) is 5.81. The van der Waals surface area contributed by atoms with E-state index in [9.17, 15) is 9.59 Å². The van der Waals surface area contributed by atoms with Crippen LogP contribution in [-0.4, -0.2) is 52.9 Å². The fourth-order valence-electron chi connectivity index (χ4n) is 1.91. The van der Waals surface area contributed by atoms with Gasteiger partial charge in [0, 0.05) is 19.1 Å². The van der Waals surface area contributed by atoms with Crippen LogP contribution in [0.15, 0.2) is 0 Å². The number of aliphatic carboxylic acids is 1. The van der Waals surface area contributed by atoms with E-state index in [1.165, 1.54) is 4.90 Å². The SMILES string of the molecule is CCN(CCO)C(=O)NC(CC(=O)O)CC(C)(C)C. The smallest absolute Gasteiger partial charge is 0.317 e. The Labute approximate surface area is 114 Å². The number of rotatable bonds is 7. The summed E-state index contributed by atoms with van der Waals surface area (Å²) in [6.45, 7) is 8.42. The van der Waals surface area contributed by atoms with Gasteiger partial charge in [-0.2, -0.15) is 0 Å². The lowest BCUT2D eigenvalue weighted by Crippen LogP contribution is -2.47. The van der Waals surface area contributed by atoms with Gasteiger partial charge < -0.3 is 20.4 Å². The summed E-state index contributed by atoms with van der Waals surface area (Å²) in [6, 6.07) is -0.732. The molecule has 112 valence electrons. The van der Waals surface area contributed by atoms with E-state index in [4.69, 9.17) is 10.2 Å². The van der Waals surface area contributed by atoms with Gasteiger partial charge in [-0.15, -0.1) is 0 Å². The molecule has 0 bridgehead atoms. The standard InChI is InChI=1S/C13H26N2O4/c1-5-15(6-7-16)12(19)14-10(8-11(17)18)9-13(2,3)4/h10,16H,5-9H2,1-4H3,(H,14,19)(H,17,18). The molecule has 3 N–H and O–H groups in total. The van der Waals surface area contributed by atoms with E-state index in [0.29, 0.717) is 13.0 Å². The van der Waals surface area contributed by atoms with E-state index in [0.717, 1.165) is 0 Å². The summed E-state index contributed by atoms with van der Waals surface area (Å²) in [7, 11) is 0. The summed E-state index contributed by atoms with van der Waals surface area (Å²) in [4.78, 5) is 24.2. The molecule has 0 spiro atoms. The molecule has 0 aromatic carbocycles. The number of amides is 2. The first-order valence-electron chi connectivity index (χ1n) is 6.57. The van der Waals surface area contributed by atoms with E-state index in [2.05, 4.69) is 5.32 Å². The maximum atomic E-state index is 12.0. The summed E-state index contributed by atoms with van der Waals surface area (Å²) in [5, 5.41) is 20.5. The number of carbonyl (C=O) groups is 2. The average molecular weight is 274 g/mol. The summed E-state index contributed by atoms with van der Waals surface area (Å²) in [5.41, 5.74) is -0.0680. The van der Waals surface area contributed by atoms with Crippen molar-refractivity contribution in [2.24, 2.45) is 5.41 Å². The quantitative estimate of drug-likeness (QED) is 0.652. The molecule has 0 aliphatic rings. The zero-order valence-corrected chi connectivity index (χ0v) is 12.3. The maximum absolute atomic E-state index is 12.0. The van der Waals surface area contributed by atoms with E-state index in [-0.39, 0.29) is 31.0 Å². The highest BCUT2D eigenvalue weighted by molar-refractivity contribution is 5.75. The molecule has 0 saturated heterocycles. The predicted octanol–water partition coefficient (Wildman–Crippen LogP) is 1.29. The van der Waals surface area contributed by atoms with Crippen molar-refractivity contribution in [1.29, 1.82) is 0 Å². The molecule has 0 fully saturated rings. The molecule has 2 amide bonds. The van der Waals surface area contributed by atoms with Crippen LogP contribution in [0.5, 0.6) is 0 Å². The van der Waals surface area contributed by atoms with Gasteiger partial charge >= 0.3 is 12.0 Å². The largest absolute Gasteiger partial charge is 0.481 e. The van der Waals surface area contributed by atoms with Crippen LogP contribution in [0.4, 0.5) is 4.79 Å². The molecule has 0 aromatic rings. The number of likely N-dealkylation sites (N-methyl/N-ethyl adjacent to an activating group) is 1. The lowest BCUT2D eigenvalue weighted by atomic mass is 9.87. The van der Waals surface area contributed by atoms with Crippen LogP contribution < -0.4 is 5.32 Å². The van der Waals surface area contributed by atoms with Crippen molar-refractivity contribution in [1.82, 2.24) is 10.2 Å². The molecule has 6 heteroatoms. The highest BCUT2D eigenvalue weighted by atomic mass is 16.4. The van der Waals surface area contributed by atoms with Crippen LogP contribution in [0.3, 0.4) is 0 Å². The molecule has 6 nitrogen and oxygen atoms in total. The van der Waals surface area contributed by atoms with Crippen LogP contribution in [-0.2, 0) is 4.79 Å². The van der Waals surface area contributed by atoms with Crippen molar-refractivity contribution in [3.8, 4) is 0 Å². The van der Waals surface area contributed by atoms with E-state index in [1.54, 1.807) is 0 Å². The number of aliphatic hydroxyl groups excluding tert-OH is 1. The second kappa shape index (κ2) is 7.99. The maximum Gasteiger partial charge on any atom is 0.317 e. The van der Waals surface area contributed by atoms with Gasteiger partial charge in [0.05, 0.1) is 13.0 Å². The molecule has 19 heavy (non-hydrogen) atoms. The fourth-order valence-corrected chi connectivity index (χ4v) is 1.91. The molecule has 0 rings (SSSR count). The minimum atomic E-state index is -0.931. The first-order chi connectivity index (χ1) is 8.69. The molecule has 0 heterocycles. The molecule has 0 aliphatic carbocycles. The van der Waals surface area contributed by atoms with Crippen LogP contribution in [0.2, 0.25) is 0 Å². The minimum absolute atomic E-state index is 0.0680. The molecule has 0 radical (unpaired) electrons. The molecule has 1 atom stereocenters. The Morgan fingerprint density at radius 3 is 2.26 bits per heavy atom. The van der Waals surface area contributed by atoms with Crippen molar-refractivity contribution in [2.75, 3.05) is 19.7 Å². The minimum Gasteiger partial charge on any atom is -0.481 e. The van der Waals surface area contributed by atoms with Crippen LogP contribution >= 0.6 is 0 Å². The topological polar surface area (TPSA) is 89.9 Å².